The van der Waals surface area contributed by atoms with Crippen molar-refractivity contribution in [1.82, 2.24) is 14.5 Å². The smallest absolute Gasteiger partial charge is 0.243 e. The maximum absolute atomic E-state index is 12.9. The third kappa shape index (κ3) is 3.17. The molecule has 6 nitrogen and oxygen atoms in total. The molecular weight excluding hydrogens is 314 g/mol. The summed E-state index contributed by atoms with van der Waals surface area (Å²) in [5.41, 5.74) is 0. The first-order chi connectivity index (χ1) is 11.0. The molecule has 1 aromatic rings. The summed E-state index contributed by atoms with van der Waals surface area (Å²) in [5.74, 6) is -0.233. The van der Waals surface area contributed by atoms with Gasteiger partial charge in [0.15, 0.2) is 0 Å². The minimum absolute atomic E-state index is 0.00358. The summed E-state index contributed by atoms with van der Waals surface area (Å²) >= 11 is 0. The van der Waals surface area contributed by atoms with Crippen molar-refractivity contribution in [1.29, 1.82) is 0 Å². The van der Waals surface area contributed by atoms with Gasteiger partial charge in [-0.2, -0.15) is 4.31 Å². The molecule has 3 unspecified atom stereocenters. The Morgan fingerprint density at radius 1 is 1.30 bits per heavy atom. The van der Waals surface area contributed by atoms with Crippen LogP contribution >= 0.6 is 0 Å². The Hall–Kier alpha value is -1.70. The Morgan fingerprint density at radius 3 is 2.74 bits per heavy atom. The van der Waals surface area contributed by atoms with E-state index in [4.69, 9.17) is 0 Å². The predicted octanol–water partition coefficient (Wildman–Crippen LogP) is 0.436. The number of carbonyl (C=O) groups is 1. The number of benzene rings is 1. The van der Waals surface area contributed by atoms with Gasteiger partial charge in [0.25, 0.3) is 0 Å². The number of carbonyl (C=O) groups excluding carboxylic acids is 1. The lowest BCUT2D eigenvalue weighted by molar-refractivity contribution is -0.116. The van der Waals surface area contributed by atoms with Crippen molar-refractivity contribution in [3.05, 3.63) is 43.0 Å². The topological polar surface area (TPSA) is 69.7 Å². The van der Waals surface area contributed by atoms with Gasteiger partial charge in [-0.05, 0) is 24.6 Å². The van der Waals surface area contributed by atoms with Crippen molar-refractivity contribution in [3.8, 4) is 0 Å². The molecule has 2 fully saturated rings. The average molecular weight is 335 g/mol. The summed E-state index contributed by atoms with van der Waals surface area (Å²) in [4.78, 5) is 14.0. The molecule has 7 heteroatoms. The molecule has 3 rings (SSSR count). The Balaban J connectivity index is 1.79. The van der Waals surface area contributed by atoms with Crippen molar-refractivity contribution in [2.24, 2.45) is 0 Å². The predicted molar refractivity (Wildman–Crippen MR) is 87.3 cm³/mol. The monoisotopic (exact) mass is 335 g/mol. The second kappa shape index (κ2) is 6.43. The summed E-state index contributed by atoms with van der Waals surface area (Å²) in [6, 6.07) is 8.55. The van der Waals surface area contributed by atoms with Crippen LogP contribution in [0.3, 0.4) is 0 Å². The zero-order valence-electron chi connectivity index (χ0n) is 12.9. The van der Waals surface area contributed by atoms with Gasteiger partial charge in [-0.1, -0.05) is 24.8 Å². The van der Waals surface area contributed by atoms with Crippen LogP contribution in [0.1, 0.15) is 6.42 Å². The van der Waals surface area contributed by atoms with E-state index in [0.717, 1.165) is 19.5 Å². The van der Waals surface area contributed by atoms with Crippen LogP contribution in [0.25, 0.3) is 0 Å². The van der Waals surface area contributed by atoms with Gasteiger partial charge in [-0.3, -0.25) is 9.69 Å². The molecule has 23 heavy (non-hydrogen) atoms. The molecule has 1 aromatic carbocycles. The van der Waals surface area contributed by atoms with Gasteiger partial charge in [0, 0.05) is 38.3 Å². The van der Waals surface area contributed by atoms with Gasteiger partial charge in [0.05, 0.1) is 4.90 Å². The third-order valence-electron chi connectivity index (χ3n) is 4.56. The number of nitrogens with zero attached hydrogens (tertiary/aromatic N) is 2. The zero-order valence-corrected chi connectivity index (χ0v) is 13.7. The lowest BCUT2D eigenvalue weighted by atomic mass is 10.2. The highest BCUT2D eigenvalue weighted by atomic mass is 32.2. The molecular formula is C16H21N3O3S. The second-order valence-corrected chi connectivity index (χ2v) is 7.82. The Kier molecular flexibility index (Phi) is 4.52. The first-order valence-electron chi connectivity index (χ1n) is 7.73. The summed E-state index contributed by atoms with van der Waals surface area (Å²) < 4.78 is 27.4. The van der Waals surface area contributed by atoms with Crippen LogP contribution in [-0.4, -0.2) is 61.8 Å². The van der Waals surface area contributed by atoms with Crippen LogP contribution in [0.2, 0.25) is 0 Å². The molecule has 0 saturated carbocycles. The fraction of sp³-hybridized carbons (Fsp3) is 0.438. The van der Waals surface area contributed by atoms with Crippen LogP contribution in [0, 0.1) is 0 Å². The van der Waals surface area contributed by atoms with Gasteiger partial charge in [-0.25, -0.2) is 8.42 Å². The summed E-state index contributed by atoms with van der Waals surface area (Å²) in [7, 11) is -3.50. The van der Waals surface area contributed by atoms with E-state index in [1.54, 1.807) is 34.6 Å². The maximum Gasteiger partial charge on any atom is 0.243 e. The van der Waals surface area contributed by atoms with E-state index in [1.165, 1.54) is 6.08 Å². The number of piperazine rings is 1. The molecule has 2 aliphatic rings. The molecule has 124 valence electrons. The first-order valence-corrected chi connectivity index (χ1v) is 9.17. The normalized spacial score (nSPS) is 27.6. The number of hydrogen-bond acceptors (Lipinski definition) is 4. The minimum Gasteiger partial charge on any atom is -0.351 e. The largest absolute Gasteiger partial charge is 0.351 e. The van der Waals surface area contributed by atoms with E-state index in [0.29, 0.717) is 18.0 Å². The van der Waals surface area contributed by atoms with E-state index < -0.39 is 10.0 Å². The Morgan fingerprint density at radius 2 is 2.04 bits per heavy atom. The van der Waals surface area contributed by atoms with Crippen molar-refractivity contribution >= 4 is 15.9 Å². The Bertz CT molecular complexity index is 690. The van der Waals surface area contributed by atoms with Gasteiger partial charge in [0.2, 0.25) is 15.9 Å². The highest BCUT2D eigenvalue weighted by Crippen LogP contribution is 2.29. The van der Waals surface area contributed by atoms with E-state index >= 15 is 0 Å². The van der Waals surface area contributed by atoms with Crippen molar-refractivity contribution in [3.63, 3.8) is 0 Å². The van der Waals surface area contributed by atoms with Crippen LogP contribution < -0.4 is 5.32 Å². The highest BCUT2D eigenvalue weighted by molar-refractivity contribution is 7.89. The van der Waals surface area contributed by atoms with Gasteiger partial charge in [-0.15, -0.1) is 0 Å². The molecule has 2 aliphatic heterocycles. The molecule has 2 saturated heterocycles. The van der Waals surface area contributed by atoms with Gasteiger partial charge >= 0.3 is 0 Å². The maximum atomic E-state index is 12.9. The number of sulfonamides is 1. The fourth-order valence-corrected chi connectivity index (χ4v) is 5.02. The molecule has 1 amide bonds. The van der Waals surface area contributed by atoms with E-state index in [1.807, 2.05) is 0 Å². The van der Waals surface area contributed by atoms with Gasteiger partial charge < -0.3 is 5.32 Å². The Labute approximate surface area is 136 Å². The van der Waals surface area contributed by atoms with Crippen LogP contribution in [0.15, 0.2) is 47.9 Å². The van der Waals surface area contributed by atoms with Crippen molar-refractivity contribution < 1.29 is 13.2 Å². The lowest BCUT2D eigenvalue weighted by Crippen LogP contribution is -2.57. The second-order valence-electron chi connectivity index (χ2n) is 5.93. The van der Waals surface area contributed by atoms with Gasteiger partial charge in [0.1, 0.15) is 0 Å². The SMILES string of the molecule is C=CC(=O)NCC1CN(S(=O)(=O)c2ccccc2)C2CCN1C2. The lowest BCUT2D eigenvalue weighted by Gasteiger charge is -2.39. The van der Waals surface area contributed by atoms with E-state index in [-0.39, 0.29) is 18.0 Å². The average Bonchev–Trinajstić information content (AvgIpc) is 2.98. The third-order valence-corrected chi connectivity index (χ3v) is 6.49. The summed E-state index contributed by atoms with van der Waals surface area (Å²) in [6.07, 6.45) is 2.06. The summed E-state index contributed by atoms with van der Waals surface area (Å²) in [5, 5.41) is 2.78. The molecule has 0 aliphatic carbocycles. The van der Waals surface area contributed by atoms with Crippen LogP contribution in [-0.2, 0) is 14.8 Å². The molecule has 2 heterocycles. The molecule has 1 N–H and O–H groups in total. The molecule has 0 radical (unpaired) electrons. The number of amides is 1. The zero-order chi connectivity index (χ0) is 16.4. The molecule has 0 spiro atoms. The van der Waals surface area contributed by atoms with E-state index in [9.17, 15) is 13.2 Å². The van der Waals surface area contributed by atoms with E-state index in [2.05, 4.69) is 16.8 Å². The standard InChI is InChI=1S/C16H21N3O3S/c1-2-16(20)17-10-14-12-19(13-8-9-18(14)11-13)23(21,22)15-6-4-3-5-7-15/h2-7,13-14H,1,8-12H2,(H,17,20). The fourth-order valence-electron chi connectivity index (χ4n) is 3.31. The molecule has 3 atom stereocenters. The first kappa shape index (κ1) is 16.2. The summed E-state index contributed by atoms with van der Waals surface area (Å²) in [6.45, 7) is 5.85. The van der Waals surface area contributed by atoms with Crippen molar-refractivity contribution in [2.45, 2.75) is 23.4 Å². The van der Waals surface area contributed by atoms with Crippen LogP contribution in [0.5, 0.6) is 0 Å². The number of hydrogen-bond donors (Lipinski definition) is 1. The number of rotatable bonds is 5. The number of fused-ring (bicyclic) bond motifs is 2. The molecule has 0 aromatic heterocycles. The van der Waals surface area contributed by atoms with Crippen molar-refractivity contribution in [2.75, 3.05) is 26.2 Å². The minimum atomic E-state index is -3.50. The van der Waals surface area contributed by atoms with Crippen LogP contribution in [0.4, 0.5) is 0 Å². The number of nitrogens with one attached hydrogen (secondary N) is 1. The highest BCUT2D eigenvalue weighted by Gasteiger charge is 2.44. The quantitative estimate of drug-likeness (QED) is 0.793. The molecule has 2 bridgehead atoms.